The summed E-state index contributed by atoms with van der Waals surface area (Å²) in [7, 11) is 0. The van der Waals surface area contributed by atoms with Crippen LogP contribution in [0.15, 0.2) is 384 Å². The molecule has 130 heavy (non-hydrogen) atoms. The third-order valence-electron chi connectivity index (χ3n) is 19.4. The third-order valence-corrected chi connectivity index (χ3v) is 19.4. The summed E-state index contributed by atoms with van der Waals surface area (Å²) >= 11 is 0. The van der Waals surface area contributed by atoms with E-state index in [1.807, 2.05) is 321 Å². The minimum Gasteiger partial charge on any atom is -0.262 e. The lowest BCUT2D eigenvalue weighted by atomic mass is 10.0. The van der Waals surface area contributed by atoms with Crippen LogP contribution >= 0.6 is 0 Å². The van der Waals surface area contributed by atoms with Gasteiger partial charge in [-0.15, -0.1) is 5.10 Å². The summed E-state index contributed by atoms with van der Waals surface area (Å²) in [5.41, 5.74) is 29.6. The quantitative estimate of drug-likeness (QED) is 0.130. The molecular formula is C107H87N23. The Morgan fingerprint density at radius 2 is 0.554 bits per heavy atom. The molecule has 22 aromatic rings. The number of nitrogens with zero attached hydrogens (tertiary/aromatic N) is 23. The van der Waals surface area contributed by atoms with Crippen molar-refractivity contribution in [2.24, 2.45) is 0 Å². The van der Waals surface area contributed by atoms with E-state index in [-0.39, 0.29) is 0 Å². The number of para-hydroxylation sites is 2. The second kappa shape index (κ2) is 43.7. The number of rotatable bonds is 9. The van der Waals surface area contributed by atoms with Gasteiger partial charge >= 0.3 is 0 Å². The zero-order valence-corrected chi connectivity index (χ0v) is 72.7. The van der Waals surface area contributed by atoms with Gasteiger partial charge in [0, 0.05) is 83.6 Å². The second-order valence-electron chi connectivity index (χ2n) is 29.6. The first-order chi connectivity index (χ1) is 63.7. The molecule has 0 N–H and O–H groups in total. The van der Waals surface area contributed by atoms with E-state index in [0.29, 0.717) is 23.1 Å². The minimum atomic E-state index is 0.672. The van der Waals surface area contributed by atoms with Crippen LogP contribution in [0.25, 0.3) is 158 Å². The highest BCUT2D eigenvalue weighted by Crippen LogP contribution is 2.33. The molecule has 0 amide bonds. The lowest BCUT2D eigenvalue weighted by Crippen LogP contribution is -1.99. The van der Waals surface area contributed by atoms with Crippen molar-refractivity contribution in [2.75, 3.05) is 0 Å². The molecule has 22 rings (SSSR count). The Kier molecular flexibility index (Phi) is 29.4. The molecule has 0 saturated heterocycles. The Morgan fingerprint density at radius 3 is 1.03 bits per heavy atom. The SMILES string of the molecule is Cc1cc(-c2ccccn2)nc(-c2ccccn2)c1.Cc1ccc2nc(-c3ccccc3)c(-c3ccccc3)nc2c1.Cc1ccc2nc(-c3ccccn3)c(-c3ccccn3)nc2c1.Cc1cnc(-c2ccccc2)nn1.Cc1cnc2ccccc2n1.Cc1cnc2cccnc2n1.Cc1cnc2ccncc2n1.Cc1nc(-c2ccccc2)nc(-c2ccccc2)n1. The van der Waals surface area contributed by atoms with Crippen LogP contribution in [-0.4, -0.2) is 115 Å². The van der Waals surface area contributed by atoms with Gasteiger partial charge in [-0.05, 0) is 187 Å². The molecule has 0 aliphatic rings. The number of pyridine rings is 7. The van der Waals surface area contributed by atoms with Crippen molar-refractivity contribution >= 4 is 55.3 Å². The van der Waals surface area contributed by atoms with Crippen LogP contribution in [0.2, 0.25) is 0 Å². The summed E-state index contributed by atoms with van der Waals surface area (Å²) in [6.45, 7) is 15.7. The zero-order chi connectivity index (χ0) is 89.6. The maximum absolute atomic E-state index is 4.92. The Morgan fingerprint density at radius 1 is 0.177 bits per heavy atom. The smallest absolute Gasteiger partial charge is 0.181 e. The van der Waals surface area contributed by atoms with E-state index < -0.39 is 0 Å². The highest BCUT2D eigenvalue weighted by atomic mass is 15.1. The van der Waals surface area contributed by atoms with Crippen LogP contribution in [0.5, 0.6) is 0 Å². The molecule has 630 valence electrons. The van der Waals surface area contributed by atoms with E-state index >= 15 is 0 Å². The van der Waals surface area contributed by atoms with E-state index in [1.165, 1.54) is 5.56 Å². The molecule has 14 aromatic heterocycles. The van der Waals surface area contributed by atoms with E-state index in [9.17, 15) is 0 Å². The Labute approximate surface area is 752 Å². The van der Waals surface area contributed by atoms with Crippen LogP contribution in [-0.2, 0) is 0 Å². The van der Waals surface area contributed by atoms with Gasteiger partial charge < -0.3 is 0 Å². The van der Waals surface area contributed by atoms with Gasteiger partial charge in [0.05, 0.1) is 119 Å². The predicted octanol–water partition coefficient (Wildman–Crippen LogP) is 22.8. The molecule has 0 atom stereocenters. The second-order valence-corrected chi connectivity index (χ2v) is 29.6. The van der Waals surface area contributed by atoms with E-state index in [2.05, 4.69) is 145 Å². The third kappa shape index (κ3) is 24.1. The fraction of sp³-hybridized carbons (Fsp3) is 0.0748. The minimum absolute atomic E-state index is 0.672. The Balaban J connectivity index is 0.000000116. The average Bonchev–Trinajstić information content (AvgIpc) is 0.779. The first-order valence-corrected chi connectivity index (χ1v) is 41.9. The fourth-order valence-corrected chi connectivity index (χ4v) is 13.2. The van der Waals surface area contributed by atoms with Gasteiger partial charge in [0.1, 0.15) is 28.2 Å². The zero-order valence-electron chi connectivity index (χ0n) is 72.7. The van der Waals surface area contributed by atoms with Gasteiger partial charge in [0.25, 0.3) is 0 Å². The molecule has 0 fully saturated rings. The van der Waals surface area contributed by atoms with Crippen LogP contribution in [0.3, 0.4) is 0 Å². The van der Waals surface area contributed by atoms with Crippen LogP contribution in [0, 0.1) is 55.4 Å². The molecule has 0 radical (unpaired) electrons. The Hall–Kier alpha value is -17.5. The van der Waals surface area contributed by atoms with Gasteiger partial charge in [0.2, 0.25) is 0 Å². The lowest BCUT2D eigenvalue weighted by molar-refractivity contribution is 0.935. The summed E-state index contributed by atoms with van der Waals surface area (Å²) < 4.78 is 0. The number of hydrogen-bond donors (Lipinski definition) is 0. The maximum atomic E-state index is 4.92. The number of benzene rings is 8. The number of aryl methyl sites for hydroxylation is 8. The molecule has 0 unspecified atom stereocenters. The van der Waals surface area contributed by atoms with Crippen LogP contribution in [0.1, 0.15) is 45.3 Å². The molecule has 0 saturated carbocycles. The number of fused-ring (bicyclic) bond motifs is 5. The summed E-state index contributed by atoms with van der Waals surface area (Å²) in [4.78, 5) is 92.5. The molecule has 23 heteroatoms. The number of aromatic nitrogens is 23. The lowest BCUT2D eigenvalue weighted by Gasteiger charge is -2.10. The fourth-order valence-electron chi connectivity index (χ4n) is 13.2. The molecule has 0 bridgehead atoms. The summed E-state index contributed by atoms with van der Waals surface area (Å²) in [6, 6.07) is 103. The number of hydrogen-bond acceptors (Lipinski definition) is 23. The summed E-state index contributed by atoms with van der Waals surface area (Å²) in [5.74, 6) is 2.83. The molecule has 0 aliphatic heterocycles. The molecule has 0 spiro atoms. The van der Waals surface area contributed by atoms with Gasteiger partial charge in [-0.25, -0.2) is 64.8 Å². The summed E-state index contributed by atoms with van der Waals surface area (Å²) in [6.07, 6.45) is 19.2. The van der Waals surface area contributed by atoms with Crippen molar-refractivity contribution in [2.45, 2.75) is 55.4 Å². The molecule has 14 heterocycles. The molecule has 23 nitrogen and oxygen atoms in total. The van der Waals surface area contributed by atoms with Crippen molar-refractivity contribution in [3.63, 3.8) is 0 Å². The van der Waals surface area contributed by atoms with Crippen LogP contribution in [0.4, 0.5) is 0 Å². The highest BCUT2D eigenvalue weighted by molar-refractivity contribution is 5.88. The van der Waals surface area contributed by atoms with Crippen molar-refractivity contribution < 1.29 is 0 Å². The monoisotopic (exact) mass is 1690 g/mol. The van der Waals surface area contributed by atoms with Crippen molar-refractivity contribution in [3.8, 4) is 102 Å². The largest absolute Gasteiger partial charge is 0.262 e. The van der Waals surface area contributed by atoms with Crippen molar-refractivity contribution in [1.29, 1.82) is 0 Å². The topological polar surface area (TPSA) is 296 Å². The normalized spacial score (nSPS) is 10.5. The van der Waals surface area contributed by atoms with Gasteiger partial charge in [-0.3, -0.25) is 39.9 Å². The van der Waals surface area contributed by atoms with E-state index in [4.69, 9.17) is 19.9 Å². The van der Waals surface area contributed by atoms with Gasteiger partial charge in [-0.2, -0.15) is 5.10 Å². The Bertz CT molecular complexity index is 6830. The van der Waals surface area contributed by atoms with Crippen molar-refractivity contribution in [3.05, 3.63) is 429 Å². The van der Waals surface area contributed by atoms with Crippen LogP contribution < -0.4 is 0 Å². The standard InChI is InChI=1S/C21H16N2.C19H14N4.2C16H13N3.C10H9N3.C9H8N2.2C8H7N3/c1-15-12-13-18-19(14-15)23-21(17-10-6-3-7-11-17)20(22-18)16-8-4-2-5-9-16;1-13-8-9-14-17(12-13)23-19(16-7-3-5-11-21-16)18(22-14)15-6-2-4-10-20-15;1-12-10-15(13-6-2-4-8-17-13)19-16(11-12)14-7-3-5-9-18-14;1-12-17-15(13-8-4-2-5-9-13)19-16(18-12)14-10-6-3-7-11-14;1-8-7-11-10(13-12-8)9-5-3-2-4-6-9;1-7-6-10-8-4-2-3-5-9(8)11-7;1-6-4-10-7-2-3-9-5-8(7)11-6;1-6-5-10-7-3-2-4-9-8(7)11-6/h2-14H,1H3;2-12H,1H3;2*2-11H,1H3;2-7H,1H3;2-6H,1H3;2*2-5H,1H3. The summed E-state index contributed by atoms with van der Waals surface area (Å²) in [5, 5.41) is 7.93. The molecular weight excluding hydrogens is 1610 g/mol. The van der Waals surface area contributed by atoms with E-state index in [1.54, 1.807) is 68.2 Å². The first kappa shape index (κ1) is 87.4. The van der Waals surface area contributed by atoms with Gasteiger partial charge in [0.15, 0.2) is 23.1 Å². The maximum Gasteiger partial charge on any atom is 0.181 e. The average molecular weight is 1700 g/mol. The molecule has 8 aromatic carbocycles. The van der Waals surface area contributed by atoms with E-state index in [0.717, 1.165) is 174 Å². The predicted molar refractivity (Wildman–Crippen MR) is 515 cm³/mol. The highest BCUT2D eigenvalue weighted by Gasteiger charge is 2.18. The first-order valence-electron chi connectivity index (χ1n) is 41.9. The van der Waals surface area contributed by atoms with Gasteiger partial charge in [-0.1, -0.05) is 200 Å². The van der Waals surface area contributed by atoms with Crippen molar-refractivity contribution in [1.82, 2.24) is 115 Å². The molecule has 0 aliphatic carbocycles.